The lowest BCUT2D eigenvalue weighted by Crippen LogP contribution is -2.15. The number of nitrogen functional groups attached to an aromatic ring is 1. The van der Waals surface area contributed by atoms with Crippen molar-refractivity contribution in [1.29, 1.82) is 0 Å². The molecule has 138 valence electrons. The van der Waals surface area contributed by atoms with E-state index < -0.39 is 17.6 Å². The van der Waals surface area contributed by atoms with Gasteiger partial charge in [0.2, 0.25) is 0 Å². The maximum absolute atomic E-state index is 12.8. The van der Waals surface area contributed by atoms with Crippen LogP contribution in [0.2, 0.25) is 0 Å². The maximum Gasteiger partial charge on any atom is 0.416 e. The number of nitrogens with two attached hydrogens (primary N) is 1. The van der Waals surface area contributed by atoms with Crippen LogP contribution in [0.1, 0.15) is 21.5 Å². The molecule has 0 heterocycles. The van der Waals surface area contributed by atoms with Gasteiger partial charge in [0, 0.05) is 11.3 Å². The molecule has 0 fully saturated rings. The van der Waals surface area contributed by atoms with E-state index in [1.807, 2.05) is 37.3 Å². The molecule has 27 heavy (non-hydrogen) atoms. The minimum atomic E-state index is -4.48. The highest BCUT2D eigenvalue weighted by Gasteiger charge is 2.30. The summed E-state index contributed by atoms with van der Waals surface area (Å²) in [7, 11) is 0. The number of carbonyl (C=O) groups excluding carboxylic acids is 1. The van der Waals surface area contributed by atoms with E-state index >= 15 is 0 Å². The molecule has 0 atom stereocenters. The fourth-order valence-electron chi connectivity index (χ4n) is 2.89. The Hall–Kier alpha value is -3.28. The molecule has 1 amide bonds. The Balaban J connectivity index is 1.95. The van der Waals surface area contributed by atoms with Crippen molar-refractivity contribution in [2.45, 2.75) is 13.1 Å². The van der Waals surface area contributed by atoms with E-state index in [2.05, 4.69) is 5.32 Å². The number of hydrogen-bond acceptors (Lipinski definition) is 2. The molecule has 0 radical (unpaired) electrons. The standard InChI is InChI=1S/C21H17F3N2O/c1-13-10-11-17(19(25)18(13)14-6-3-2-4-7-14)20(27)26-16-9-5-8-15(12-16)21(22,23)24/h2-12H,25H2,1H3,(H,26,27). The van der Waals surface area contributed by atoms with Gasteiger partial charge in [0.05, 0.1) is 16.8 Å². The second kappa shape index (κ2) is 7.15. The normalized spacial score (nSPS) is 11.3. The van der Waals surface area contributed by atoms with Crippen LogP contribution in [0.4, 0.5) is 24.5 Å². The van der Waals surface area contributed by atoms with Gasteiger partial charge in [0.1, 0.15) is 0 Å². The zero-order valence-electron chi connectivity index (χ0n) is 14.5. The third-order valence-corrected chi connectivity index (χ3v) is 4.21. The third-order valence-electron chi connectivity index (χ3n) is 4.21. The molecular formula is C21H17F3N2O. The summed E-state index contributed by atoms with van der Waals surface area (Å²) < 4.78 is 38.5. The van der Waals surface area contributed by atoms with Crippen molar-refractivity contribution < 1.29 is 18.0 Å². The largest absolute Gasteiger partial charge is 0.416 e. The Morgan fingerprint density at radius 1 is 0.963 bits per heavy atom. The molecule has 3 rings (SSSR count). The zero-order chi connectivity index (χ0) is 19.6. The molecule has 0 aliphatic rings. The highest BCUT2D eigenvalue weighted by atomic mass is 19.4. The van der Waals surface area contributed by atoms with Crippen molar-refractivity contribution in [3.8, 4) is 11.1 Å². The van der Waals surface area contributed by atoms with Crippen molar-refractivity contribution in [2.24, 2.45) is 0 Å². The Bertz CT molecular complexity index is 982. The second-order valence-corrected chi connectivity index (χ2v) is 6.12. The quantitative estimate of drug-likeness (QED) is 0.597. The first-order chi connectivity index (χ1) is 12.8. The Labute approximate surface area is 154 Å². The van der Waals surface area contributed by atoms with E-state index in [1.54, 1.807) is 12.1 Å². The van der Waals surface area contributed by atoms with Gasteiger partial charge in [0.15, 0.2) is 0 Å². The van der Waals surface area contributed by atoms with Crippen molar-refractivity contribution in [3.63, 3.8) is 0 Å². The highest BCUT2D eigenvalue weighted by molar-refractivity contribution is 6.10. The molecule has 0 spiro atoms. The lowest BCUT2D eigenvalue weighted by Gasteiger charge is -2.15. The molecule has 0 bridgehead atoms. The molecule has 3 aromatic carbocycles. The van der Waals surface area contributed by atoms with Crippen LogP contribution in [-0.4, -0.2) is 5.91 Å². The summed E-state index contributed by atoms with van der Waals surface area (Å²) in [6.45, 7) is 1.88. The summed E-state index contributed by atoms with van der Waals surface area (Å²) >= 11 is 0. The van der Waals surface area contributed by atoms with E-state index in [9.17, 15) is 18.0 Å². The summed E-state index contributed by atoms with van der Waals surface area (Å²) in [5.41, 5.74) is 8.43. The van der Waals surface area contributed by atoms with Crippen molar-refractivity contribution >= 4 is 17.3 Å². The van der Waals surface area contributed by atoms with Crippen LogP contribution in [-0.2, 0) is 6.18 Å². The lowest BCUT2D eigenvalue weighted by atomic mass is 9.95. The Kier molecular flexibility index (Phi) is 4.90. The average Bonchev–Trinajstić information content (AvgIpc) is 2.62. The number of alkyl halides is 3. The number of aryl methyl sites for hydroxylation is 1. The molecule has 3 N–H and O–H groups in total. The van der Waals surface area contributed by atoms with Gasteiger partial charge in [-0.15, -0.1) is 0 Å². The van der Waals surface area contributed by atoms with Crippen LogP contribution < -0.4 is 11.1 Å². The van der Waals surface area contributed by atoms with Crippen LogP contribution in [0.15, 0.2) is 66.7 Å². The molecular weight excluding hydrogens is 353 g/mol. The highest BCUT2D eigenvalue weighted by Crippen LogP contribution is 2.33. The summed E-state index contributed by atoms with van der Waals surface area (Å²) in [6, 6.07) is 17.2. The number of nitrogens with one attached hydrogen (secondary N) is 1. The van der Waals surface area contributed by atoms with Crippen LogP contribution >= 0.6 is 0 Å². The molecule has 0 aliphatic heterocycles. The van der Waals surface area contributed by atoms with Gasteiger partial charge in [-0.3, -0.25) is 4.79 Å². The van der Waals surface area contributed by atoms with E-state index in [0.29, 0.717) is 0 Å². The molecule has 0 aliphatic carbocycles. The van der Waals surface area contributed by atoms with Crippen molar-refractivity contribution in [1.82, 2.24) is 0 Å². The van der Waals surface area contributed by atoms with Crippen LogP contribution in [0, 0.1) is 6.92 Å². The Morgan fingerprint density at radius 3 is 2.33 bits per heavy atom. The number of hydrogen-bond donors (Lipinski definition) is 2. The van der Waals surface area contributed by atoms with Gasteiger partial charge in [-0.05, 0) is 42.3 Å². The first-order valence-corrected chi connectivity index (χ1v) is 8.20. The number of rotatable bonds is 3. The van der Waals surface area contributed by atoms with E-state index in [0.717, 1.165) is 28.8 Å². The number of amides is 1. The number of halogens is 3. The van der Waals surface area contributed by atoms with Gasteiger partial charge in [-0.1, -0.05) is 42.5 Å². The zero-order valence-corrected chi connectivity index (χ0v) is 14.5. The second-order valence-electron chi connectivity index (χ2n) is 6.12. The summed E-state index contributed by atoms with van der Waals surface area (Å²) in [5, 5.41) is 2.49. The molecule has 0 aromatic heterocycles. The molecule has 3 aromatic rings. The molecule has 0 unspecified atom stereocenters. The van der Waals surface area contributed by atoms with Gasteiger partial charge in [-0.25, -0.2) is 0 Å². The number of anilines is 2. The number of carbonyl (C=O) groups is 1. The maximum atomic E-state index is 12.8. The Morgan fingerprint density at radius 2 is 1.67 bits per heavy atom. The smallest absolute Gasteiger partial charge is 0.398 e. The summed E-state index contributed by atoms with van der Waals surface area (Å²) in [5.74, 6) is -0.566. The molecule has 6 heteroatoms. The first kappa shape index (κ1) is 18.5. The predicted molar refractivity (Wildman–Crippen MR) is 100 cm³/mol. The van der Waals surface area contributed by atoms with Gasteiger partial charge >= 0.3 is 6.18 Å². The van der Waals surface area contributed by atoms with E-state index in [4.69, 9.17) is 5.73 Å². The summed E-state index contributed by atoms with van der Waals surface area (Å²) in [6.07, 6.45) is -4.48. The minimum Gasteiger partial charge on any atom is -0.398 e. The van der Waals surface area contributed by atoms with Gasteiger partial charge in [0.25, 0.3) is 5.91 Å². The predicted octanol–water partition coefficient (Wildman–Crippen LogP) is 5.52. The molecule has 0 saturated carbocycles. The minimum absolute atomic E-state index is 0.0519. The monoisotopic (exact) mass is 370 g/mol. The average molecular weight is 370 g/mol. The van der Waals surface area contributed by atoms with E-state index in [-0.39, 0.29) is 16.9 Å². The fraction of sp³-hybridized carbons (Fsp3) is 0.0952. The number of benzene rings is 3. The van der Waals surface area contributed by atoms with Crippen molar-refractivity contribution in [3.05, 3.63) is 83.4 Å². The molecule has 0 saturated heterocycles. The molecule has 3 nitrogen and oxygen atoms in total. The fourth-order valence-corrected chi connectivity index (χ4v) is 2.89. The van der Waals surface area contributed by atoms with Gasteiger partial charge in [-0.2, -0.15) is 13.2 Å². The first-order valence-electron chi connectivity index (χ1n) is 8.20. The van der Waals surface area contributed by atoms with Crippen LogP contribution in [0.25, 0.3) is 11.1 Å². The van der Waals surface area contributed by atoms with Crippen LogP contribution in [0.5, 0.6) is 0 Å². The van der Waals surface area contributed by atoms with E-state index in [1.165, 1.54) is 12.1 Å². The third kappa shape index (κ3) is 3.95. The lowest BCUT2D eigenvalue weighted by molar-refractivity contribution is -0.137. The van der Waals surface area contributed by atoms with Crippen molar-refractivity contribution in [2.75, 3.05) is 11.1 Å². The SMILES string of the molecule is Cc1ccc(C(=O)Nc2cccc(C(F)(F)F)c2)c(N)c1-c1ccccc1. The van der Waals surface area contributed by atoms with Crippen LogP contribution in [0.3, 0.4) is 0 Å². The van der Waals surface area contributed by atoms with Gasteiger partial charge < -0.3 is 11.1 Å². The summed E-state index contributed by atoms with van der Waals surface area (Å²) in [4.78, 5) is 12.6. The topological polar surface area (TPSA) is 55.1 Å².